The van der Waals surface area contributed by atoms with E-state index in [0.29, 0.717) is 5.75 Å². The van der Waals surface area contributed by atoms with E-state index in [1.807, 2.05) is 62.4 Å². The maximum atomic E-state index is 5.77. The fraction of sp³-hybridized carbons (Fsp3) is 0.158. The third kappa shape index (κ3) is 3.99. The van der Waals surface area contributed by atoms with Crippen molar-refractivity contribution in [3.63, 3.8) is 0 Å². The highest BCUT2D eigenvalue weighted by Crippen LogP contribution is 2.29. The molecule has 0 fully saturated rings. The SMILES string of the molecule is C/C=C/c1ccc(OC=C(C)c2ccccc2)c(OC)c1. The Morgan fingerprint density at radius 1 is 1.00 bits per heavy atom. The standard InChI is InChI=1S/C19H20O2/c1-4-8-16-11-12-18(19(13-16)20-3)21-14-15(2)17-9-6-5-7-10-17/h4-14H,1-3H3/b8-4+,15-14?. The molecule has 108 valence electrons. The zero-order valence-corrected chi connectivity index (χ0v) is 12.7. The second kappa shape index (κ2) is 7.34. The highest BCUT2D eigenvalue weighted by molar-refractivity contribution is 5.63. The van der Waals surface area contributed by atoms with Crippen molar-refractivity contribution in [2.75, 3.05) is 7.11 Å². The lowest BCUT2D eigenvalue weighted by atomic mass is 10.1. The van der Waals surface area contributed by atoms with Gasteiger partial charge in [0.2, 0.25) is 0 Å². The number of methoxy groups -OCH3 is 1. The van der Waals surface area contributed by atoms with Crippen molar-refractivity contribution in [1.29, 1.82) is 0 Å². The molecule has 0 spiro atoms. The number of hydrogen-bond acceptors (Lipinski definition) is 2. The quantitative estimate of drug-likeness (QED) is 0.704. The molecule has 2 nitrogen and oxygen atoms in total. The zero-order valence-electron chi connectivity index (χ0n) is 12.7. The first-order valence-corrected chi connectivity index (χ1v) is 6.94. The molecule has 2 heteroatoms. The molecule has 0 aliphatic rings. The minimum absolute atomic E-state index is 0.709. The second-order valence-corrected chi connectivity index (χ2v) is 4.70. The normalized spacial score (nSPS) is 11.7. The van der Waals surface area contributed by atoms with Crippen LogP contribution in [0.25, 0.3) is 11.6 Å². The van der Waals surface area contributed by atoms with Gasteiger partial charge in [-0.05, 0) is 42.7 Å². The molecule has 2 aromatic rings. The summed E-state index contributed by atoms with van der Waals surface area (Å²) in [6.45, 7) is 4.01. The van der Waals surface area contributed by atoms with E-state index in [1.165, 1.54) is 0 Å². The third-order valence-corrected chi connectivity index (χ3v) is 3.14. The molecule has 0 saturated heterocycles. The molecule has 2 aromatic carbocycles. The molecule has 0 aliphatic heterocycles. The van der Waals surface area contributed by atoms with Crippen LogP contribution in [-0.2, 0) is 0 Å². The highest BCUT2D eigenvalue weighted by atomic mass is 16.5. The molecule has 0 aliphatic carbocycles. The number of benzene rings is 2. The van der Waals surface area contributed by atoms with Gasteiger partial charge in [-0.2, -0.15) is 0 Å². The van der Waals surface area contributed by atoms with Gasteiger partial charge in [0.05, 0.1) is 13.4 Å². The summed E-state index contributed by atoms with van der Waals surface area (Å²) >= 11 is 0. The Balaban J connectivity index is 2.19. The molecule has 0 atom stereocenters. The summed E-state index contributed by atoms with van der Waals surface area (Å²) in [6, 6.07) is 16.0. The summed E-state index contributed by atoms with van der Waals surface area (Å²) in [5.41, 5.74) is 3.29. The van der Waals surface area contributed by atoms with Gasteiger partial charge in [-0.15, -0.1) is 0 Å². The molecule has 0 heterocycles. The average Bonchev–Trinajstić information content (AvgIpc) is 2.54. The summed E-state index contributed by atoms with van der Waals surface area (Å²) in [6.07, 6.45) is 5.77. The molecule has 0 N–H and O–H groups in total. The lowest BCUT2D eigenvalue weighted by Gasteiger charge is -2.09. The molecule has 0 radical (unpaired) electrons. The summed E-state index contributed by atoms with van der Waals surface area (Å²) < 4.78 is 11.1. The van der Waals surface area contributed by atoms with Crippen molar-refractivity contribution in [2.45, 2.75) is 13.8 Å². The van der Waals surface area contributed by atoms with Gasteiger partial charge in [0.15, 0.2) is 11.5 Å². The van der Waals surface area contributed by atoms with Gasteiger partial charge in [0, 0.05) is 0 Å². The van der Waals surface area contributed by atoms with Gasteiger partial charge in [-0.25, -0.2) is 0 Å². The first-order valence-electron chi connectivity index (χ1n) is 6.94. The number of hydrogen-bond donors (Lipinski definition) is 0. The predicted octanol–water partition coefficient (Wildman–Crippen LogP) is 5.17. The lowest BCUT2D eigenvalue weighted by Crippen LogP contribution is -1.91. The van der Waals surface area contributed by atoms with Gasteiger partial charge in [0.25, 0.3) is 0 Å². The van der Waals surface area contributed by atoms with E-state index < -0.39 is 0 Å². The van der Waals surface area contributed by atoms with E-state index >= 15 is 0 Å². The first-order chi connectivity index (χ1) is 10.2. The minimum Gasteiger partial charge on any atom is -0.493 e. The summed E-state index contributed by atoms with van der Waals surface area (Å²) in [7, 11) is 1.65. The second-order valence-electron chi connectivity index (χ2n) is 4.70. The molecule has 0 aromatic heterocycles. The van der Waals surface area contributed by atoms with Crippen LogP contribution in [-0.4, -0.2) is 7.11 Å². The van der Waals surface area contributed by atoms with Crippen LogP contribution in [0.3, 0.4) is 0 Å². The average molecular weight is 280 g/mol. The van der Waals surface area contributed by atoms with E-state index in [9.17, 15) is 0 Å². The van der Waals surface area contributed by atoms with Crippen LogP contribution in [0.2, 0.25) is 0 Å². The van der Waals surface area contributed by atoms with Crippen molar-refractivity contribution >= 4 is 11.6 Å². The van der Waals surface area contributed by atoms with Crippen molar-refractivity contribution < 1.29 is 9.47 Å². The van der Waals surface area contributed by atoms with Crippen LogP contribution in [0, 0.1) is 0 Å². The van der Waals surface area contributed by atoms with Gasteiger partial charge < -0.3 is 9.47 Å². The molecule has 0 unspecified atom stereocenters. The molecular weight excluding hydrogens is 260 g/mol. The van der Waals surface area contributed by atoms with Crippen LogP contribution < -0.4 is 9.47 Å². The van der Waals surface area contributed by atoms with E-state index in [2.05, 4.69) is 12.1 Å². The van der Waals surface area contributed by atoms with Crippen molar-refractivity contribution in [1.82, 2.24) is 0 Å². The smallest absolute Gasteiger partial charge is 0.168 e. The fourth-order valence-electron chi connectivity index (χ4n) is 2.00. The van der Waals surface area contributed by atoms with Crippen molar-refractivity contribution in [3.8, 4) is 11.5 Å². The summed E-state index contributed by atoms with van der Waals surface area (Å²) in [5.74, 6) is 1.43. The molecule has 0 saturated carbocycles. The van der Waals surface area contributed by atoms with Crippen LogP contribution in [0.5, 0.6) is 11.5 Å². The Morgan fingerprint density at radius 3 is 2.43 bits per heavy atom. The number of rotatable bonds is 5. The molecule has 0 amide bonds. The Morgan fingerprint density at radius 2 is 1.76 bits per heavy atom. The molecule has 2 rings (SSSR count). The van der Waals surface area contributed by atoms with Crippen molar-refractivity contribution in [3.05, 3.63) is 72.0 Å². The Bertz CT molecular complexity index is 640. The number of allylic oxidation sites excluding steroid dienone is 2. The maximum absolute atomic E-state index is 5.77. The molecular formula is C19H20O2. The van der Waals surface area contributed by atoms with Crippen LogP contribution in [0.1, 0.15) is 25.0 Å². The van der Waals surface area contributed by atoms with Crippen LogP contribution in [0.4, 0.5) is 0 Å². The summed E-state index contributed by atoms with van der Waals surface area (Å²) in [5, 5.41) is 0. The molecule has 0 bridgehead atoms. The first kappa shape index (κ1) is 14.9. The van der Waals surface area contributed by atoms with Crippen LogP contribution in [0.15, 0.2) is 60.9 Å². The Hall–Kier alpha value is -2.48. The van der Waals surface area contributed by atoms with Crippen molar-refractivity contribution in [2.24, 2.45) is 0 Å². The summed E-state index contributed by atoms with van der Waals surface area (Å²) in [4.78, 5) is 0. The topological polar surface area (TPSA) is 18.5 Å². The van der Waals surface area contributed by atoms with E-state index in [1.54, 1.807) is 13.4 Å². The highest BCUT2D eigenvalue weighted by Gasteiger charge is 2.04. The van der Waals surface area contributed by atoms with E-state index in [4.69, 9.17) is 9.47 Å². The van der Waals surface area contributed by atoms with Crippen LogP contribution >= 0.6 is 0 Å². The van der Waals surface area contributed by atoms with E-state index in [-0.39, 0.29) is 0 Å². The van der Waals surface area contributed by atoms with Gasteiger partial charge >= 0.3 is 0 Å². The Kier molecular flexibility index (Phi) is 5.22. The van der Waals surface area contributed by atoms with Gasteiger partial charge in [0.1, 0.15) is 0 Å². The van der Waals surface area contributed by atoms with E-state index in [0.717, 1.165) is 22.4 Å². The zero-order chi connectivity index (χ0) is 15.1. The van der Waals surface area contributed by atoms with Gasteiger partial charge in [-0.3, -0.25) is 0 Å². The monoisotopic (exact) mass is 280 g/mol. The Labute approximate surface area is 126 Å². The number of ether oxygens (including phenoxy) is 2. The molecule has 21 heavy (non-hydrogen) atoms. The maximum Gasteiger partial charge on any atom is 0.168 e. The fourth-order valence-corrected chi connectivity index (χ4v) is 2.00. The minimum atomic E-state index is 0.709. The predicted molar refractivity (Wildman–Crippen MR) is 88.4 cm³/mol. The third-order valence-electron chi connectivity index (χ3n) is 3.14. The lowest BCUT2D eigenvalue weighted by molar-refractivity contribution is 0.378. The van der Waals surface area contributed by atoms with Gasteiger partial charge in [-0.1, -0.05) is 48.6 Å². The largest absolute Gasteiger partial charge is 0.493 e.